The summed E-state index contributed by atoms with van der Waals surface area (Å²) in [6.45, 7) is 1.47. The number of carbonyl (C=O) groups excluding carboxylic acids is 1. The molecule has 0 bridgehead atoms. The second-order valence-corrected chi connectivity index (χ2v) is 5.11. The fraction of sp³-hybridized carbons (Fsp3) is 0.133. The van der Waals surface area contributed by atoms with Crippen molar-refractivity contribution in [3.63, 3.8) is 0 Å². The molecule has 0 radical (unpaired) electrons. The predicted octanol–water partition coefficient (Wildman–Crippen LogP) is 2.77. The van der Waals surface area contributed by atoms with Gasteiger partial charge in [-0.2, -0.15) is 0 Å². The van der Waals surface area contributed by atoms with Crippen LogP contribution in [0, 0.1) is 0 Å². The number of rotatable bonds is 3. The summed E-state index contributed by atoms with van der Waals surface area (Å²) in [5, 5.41) is 11.8. The lowest BCUT2D eigenvalue weighted by Gasteiger charge is -2.19. The number of benzene rings is 2. The van der Waals surface area contributed by atoms with Crippen LogP contribution in [-0.2, 0) is 4.79 Å². The molecule has 5 nitrogen and oxygen atoms in total. The SMILES string of the molecule is CC(=O)N[C@@H](c1ccc(Cl)cc1)n1nnc2ccccc21. The molecular weight excluding hydrogens is 288 g/mol. The molecule has 0 saturated carbocycles. The van der Waals surface area contributed by atoms with E-state index in [0.717, 1.165) is 16.6 Å². The first-order chi connectivity index (χ1) is 10.1. The number of amides is 1. The van der Waals surface area contributed by atoms with Gasteiger partial charge in [-0.1, -0.05) is 41.1 Å². The molecule has 0 fully saturated rings. The lowest BCUT2D eigenvalue weighted by molar-refractivity contribution is -0.119. The Balaban J connectivity index is 2.11. The van der Waals surface area contributed by atoms with Gasteiger partial charge in [0.2, 0.25) is 5.91 Å². The summed E-state index contributed by atoms with van der Waals surface area (Å²) in [6, 6.07) is 14.9. The number of hydrogen-bond acceptors (Lipinski definition) is 3. The van der Waals surface area contributed by atoms with Crippen molar-refractivity contribution < 1.29 is 4.79 Å². The maximum Gasteiger partial charge on any atom is 0.218 e. The summed E-state index contributed by atoms with van der Waals surface area (Å²) in [5.74, 6) is -0.144. The summed E-state index contributed by atoms with van der Waals surface area (Å²) in [6.07, 6.45) is -0.424. The van der Waals surface area contributed by atoms with E-state index in [1.165, 1.54) is 6.92 Å². The number of fused-ring (bicyclic) bond motifs is 1. The molecule has 1 atom stereocenters. The van der Waals surface area contributed by atoms with Crippen molar-refractivity contribution >= 4 is 28.5 Å². The number of hydrogen-bond donors (Lipinski definition) is 1. The molecule has 0 aliphatic heterocycles. The van der Waals surface area contributed by atoms with Crippen LogP contribution < -0.4 is 5.32 Å². The quantitative estimate of drug-likeness (QED) is 0.809. The normalized spacial score (nSPS) is 12.3. The highest BCUT2D eigenvalue weighted by Crippen LogP contribution is 2.21. The highest BCUT2D eigenvalue weighted by atomic mass is 35.5. The third-order valence-corrected chi connectivity index (χ3v) is 3.40. The second-order valence-electron chi connectivity index (χ2n) is 4.68. The van der Waals surface area contributed by atoms with Gasteiger partial charge in [-0.15, -0.1) is 5.10 Å². The van der Waals surface area contributed by atoms with E-state index in [-0.39, 0.29) is 5.91 Å². The monoisotopic (exact) mass is 300 g/mol. The number of para-hydroxylation sites is 1. The first-order valence-corrected chi connectivity index (χ1v) is 6.85. The zero-order valence-corrected chi connectivity index (χ0v) is 12.1. The average Bonchev–Trinajstić information content (AvgIpc) is 2.89. The second kappa shape index (κ2) is 5.54. The van der Waals surface area contributed by atoms with E-state index in [0.29, 0.717) is 5.02 Å². The Bertz CT molecular complexity index is 782. The van der Waals surface area contributed by atoms with Gasteiger partial charge < -0.3 is 5.32 Å². The van der Waals surface area contributed by atoms with E-state index >= 15 is 0 Å². The molecule has 0 unspecified atom stereocenters. The van der Waals surface area contributed by atoms with E-state index in [2.05, 4.69) is 15.6 Å². The minimum atomic E-state index is -0.424. The molecule has 1 amide bonds. The Morgan fingerprint density at radius 2 is 1.90 bits per heavy atom. The summed E-state index contributed by atoms with van der Waals surface area (Å²) >= 11 is 5.92. The fourth-order valence-corrected chi connectivity index (χ4v) is 2.33. The number of nitrogens with zero attached hydrogens (tertiary/aromatic N) is 3. The molecule has 0 saturated heterocycles. The van der Waals surface area contributed by atoms with Crippen molar-refractivity contribution in [2.45, 2.75) is 13.1 Å². The lowest BCUT2D eigenvalue weighted by atomic mass is 10.1. The molecule has 1 N–H and O–H groups in total. The number of nitrogens with one attached hydrogen (secondary N) is 1. The van der Waals surface area contributed by atoms with E-state index in [4.69, 9.17) is 11.6 Å². The van der Waals surface area contributed by atoms with Crippen molar-refractivity contribution in [3.8, 4) is 0 Å². The summed E-state index contributed by atoms with van der Waals surface area (Å²) < 4.78 is 1.69. The van der Waals surface area contributed by atoms with Gasteiger partial charge >= 0.3 is 0 Å². The Morgan fingerprint density at radius 1 is 1.19 bits per heavy atom. The van der Waals surface area contributed by atoms with Crippen LogP contribution in [0.4, 0.5) is 0 Å². The van der Waals surface area contributed by atoms with Crippen molar-refractivity contribution in [2.75, 3.05) is 0 Å². The van der Waals surface area contributed by atoms with Gasteiger partial charge in [0.15, 0.2) is 6.17 Å². The Morgan fingerprint density at radius 3 is 2.62 bits per heavy atom. The Labute approximate surface area is 126 Å². The number of aromatic nitrogens is 3. The predicted molar refractivity (Wildman–Crippen MR) is 80.9 cm³/mol. The zero-order chi connectivity index (χ0) is 14.8. The van der Waals surface area contributed by atoms with Gasteiger partial charge in [0, 0.05) is 11.9 Å². The Hall–Kier alpha value is -2.40. The van der Waals surface area contributed by atoms with Crippen LogP contribution >= 0.6 is 11.6 Å². The molecule has 1 heterocycles. The van der Waals surface area contributed by atoms with Crippen molar-refractivity contribution in [3.05, 3.63) is 59.1 Å². The van der Waals surface area contributed by atoms with Crippen molar-refractivity contribution in [1.82, 2.24) is 20.3 Å². The number of carbonyl (C=O) groups is 1. The molecule has 106 valence electrons. The van der Waals surface area contributed by atoms with Gasteiger partial charge in [-0.3, -0.25) is 4.79 Å². The van der Waals surface area contributed by atoms with Crippen LogP contribution in [0.1, 0.15) is 18.7 Å². The molecule has 6 heteroatoms. The standard InChI is InChI=1S/C15H13ClN4O/c1-10(21)17-15(11-6-8-12(16)9-7-11)20-14-5-3-2-4-13(14)18-19-20/h2-9,15H,1H3,(H,17,21)/t15-/m1/s1. The first kappa shape index (κ1) is 13.6. The third kappa shape index (κ3) is 2.73. The topological polar surface area (TPSA) is 59.8 Å². The molecule has 3 rings (SSSR count). The van der Waals surface area contributed by atoms with Crippen LogP contribution in [0.15, 0.2) is 48.5 Å². The molecule has 0 aliphatic rings. The van der Waals surface area contributed by atoms with Crippen LogP contribution in [-0.4, -0.2) is 20.9 Å². The van der Waals surface area contributed by atoms with E-state index in [1.807, 2.05) is 36.4 Å². The summed E-state index contributed by atoms with van der Waals surface area (Å²) in [7, 11) is 0. The molecule has 0 aliphatic carbocycles. The minimum Gasteiger partial charge on any atom is -0.331 e. The van der Waals surface area contributed by atoms with Crippen LogP contribution in [0.25, 0.3) is 11.0 Å². The Kier molecular flexibility index (Phi) is 3.58. The maximum absolute atomic E-state index is 11.5. The van der Waals surface area contributed by atoms with Gasteiger partial charge in [-0.05, 0) is 29.8 Å². The van der Waals surface area contributed by atoms with Gasteiger partial charge in [0.25, 0.3) is 0 Å². The smallest absolute Gasteiger partial charge is 0.218 e. The van der Waals surface area contributed by atoms with Crippen molar-refractivity contribution in [2.24, 2.45) is 0 Å². The van der Waals surface area contributed by atoms with Gasteiger partial charge in [-0.25, -0.2) is 4.68 Å². The lowest BCUT2D eigenvalue weighted by Crippen LogP contribution is -2.32. The summed E-state index contributed by atoms with van der Waals surface area (Å²) in [5.41, 5.74) is 2.51. The zero-order valence-electron chi connectivity index (χ0n) is 11.3. The first-order valence-electron chi connectivity index (χ1n) is 6.47. The van der Waals surface area contributed by atoms with Gasteiger partial charge in [0.05, 0.1) is 5.52 Å². The molecule has 0 spiro atoms. The number of halogens is 1. The molecular formula is C15H13ClN4O. The fourth-order valence-electron chi connectivity index (χ4n) is 2.20. The van der Waals surface area contributed by atoms with Gasteiger partial charge in [0.1, 0.15) is 5.52 Å². The summed E-state index contributed by atoms with van der Waals surface area (Å²) in [4.78, 5) is 11.5. The van der Waals surface area contributed by atoms with E-state index in [9.17, 15) is 4.79 Å². The highest BCUT2D eigenvalue weighted by molar-refractivity contribution is 6.30. The maximum atomic E-state index is 11.5. The molecule has 21 heavy (non-hydrogen) atoms. The van der Waals surface area contributed by atoms with Crippen LogP contribution in [0.2, 0.25) is 5.02 Å². The average molecular weight is 301 g/mol. The van der Waals surface area contributed by atoms with Crippen LogP contribution in [0.5, 0.6) is 0 Å². The molecule has 2 aromatic carbocycles. The van der Waals surface area contributed by atoms with E-state index in [1.54, 1.807) is 16.8 Å². The molecule has 3 aromatic rings. The van der Waals surface area contributed by atoms with E-state index < -0.39 is 6.17 Å². The highest BCUT2D eigenvalue weighted by Gasteiger charge is 2.18. The van der Waals surface area contributed by atoms with Crippen molar-refractivity contribution in [1.29, 1.82) is 0 Å². The third-order valence-electron chi connectivity index (χ3n) is 3.15. The minimum absolute atomic E-state index is 0.144. The van der Waals surface area contributed by atoms with Crippen LogP contribution in [0.3, 0.4) is 0 Å². The molecule has 1 aromatic heterocycles. The largest absolute Gasteiger partial charge is 0.331 e.